The molecule has 0 amide bonds. The summed E-state index contributed by atoms with van der Waals surface area (Å²) >= 11 is 0. The number of hydrogen-bond donors (Lipinski definition) is 1. The highest BCUT2D eigenvalue weighted by Crippen LogP contribution is 2.45. The Kier molecular flexibility index (Phi) is 5.05. The standard InChI is InChI=1S/C25H31N7O/c1-30-11-13-31(14-12-30)19-5-6-22(26-17-19)28-24-27-16-18-15-20-21(33)7-10-25(8-3-2-4-9-25)32(20)23(18)29-24/h5-6,15-17H,2-4,7-14H2,1H3,(H,26,27,28,29). The second kappa shape index (κ2) is 8.09. The van der Waals surface area contributed by atoms with E-state index >= 15 is 0 Å². The van der Waals surface area contributed by atoms with E-state index in [1.54, 1.807) is 0 Å². The minimum absolute atomic E-state index is 0.0251. The average molecular weight is 446 g/mol. The molecule has 1 saturated carbocycles. The molecule has 1 aliphatic carbocycles. The molecule has 0 radical (unpaired) electrons. The zero-order valence-electron chi connectivity index (χ0n) is 19.3. The molecule has 0 atom stereocenters. The number of likely N-dealkylation sites (N-methyl/N-ethyl adjacent to an activating group) is 1. The highest BCUT2D eigenvalue weighted by atomic mass is 16.1. The Labute approximate surface area is 194 Å². The fraction of sp³-hybridized carbons (Fsp3) is 0.520. The summed E-state index contributed by atoms with van der Waals surface area (Å²) in [5, 5.41) is 4.21. The number of piperazine rings is 1. The summed E-state index contributed by atoms with van der Waals surface area (Å²) in [5.74, 6) is 1.47. The Balaban J connectivity index is 1.29. The number of hydrogen-bond acceptors (Lipinski definition) is 7. The van der Waals surface area contributed by atoms with Gasteiger partial charge in [-0.25, -0.2) is 9.97 Å². The molecule has 1 saturated heterocycles. The molecule has 6 rings (SSSR count). The average Bonchev–Trinajstić information content (AvgIpc) is 3.24. The lowest BCUT2D eigenvalue weighted by Gasteiger charge is -2.42. The van der Waals surface area contributed by atoms with Crippen LogP contribution in [-0.2, 0) is 5.54 Å². The minimum atomic E-state index is 0.0251. The highest BCUT2D eigenvalue weighted by molar-refractivity contribution is 6.00. The fourth-order valence-electron chi connectivity index (χ4n) is 5.83. The van der Waals surface area contributed by atoms with Crippen LogP contribution in [0.25, 0.3) is 11.0 Å². The van der Waals surface area contributed by atoms with Crippen molar-refractivity contribution in [1.82, 2.24) is 24.4 Å². The molecule has 8 nitrogen and oxygen atoms in total. The summed E-state index contributed by atoms with van der Waals surface area (Å²) in [6, 6.07) is 6.08. The van der Waals surface area contributed by atoms with Gasteiger partial charge in [-0.3, -0.25) is 4.79 Å². The van der Waals surface area contributed by atoms with Crippen LogP contribution < -0.4 is 10.2 Å². The lowest BCUT2D eigenvalue weighted by molar-refractivity contribution is 0.0852. The number of aromatic nitrogens is 4. The fourth-order valence-corrected chi connectivity index (χ4v) is 5.83. The predicted octanol–water partition coefficient (Wildman–Crippen LogP) is 3.96. The van der Waals surface area contributed by atoms with E-state index in [0.717, 1.165) is 73.7 Å². The van der Waals surface area contributed by atoms with Crippen LogP contribution in [0.15, 0.2) is 30.6 Å². The van der Waals surface area contributed by atoms with E-state index in [2.05, 4.69) is 42.8 Å². The first-order valence-electron chi connectivity index (χ1n) is 12.2. The SMILES string of the molecule is CN1CCN(c2ccc(Nc3ncc4cc5n(c4n3)C3(CCCCC3)CCC5=O)nc2)CC1. The van der Waals surface area contributed by atoms with Crippen LogP contribution in [0.4, 0.5) is 17.5 Å². The highest BCUT2D eigenvalue weighted by Gasteiger charge is 2.41. The van der Waals surface area contributed by atoms with Crippen molar-refractivity contribution in [3.8, 4) is 0 Å². The maximum Gasteiger partial charge on any atom is 0.230 e. The Bertz CT molecular complexity index is 1170. The zero-order valence-corrected chi connectivity index (χ0v) is 19.3. The maximum absolute atomic E-state index is 12.7. The van der Waals surface area contributed by atoms with Crippen molar-refractivity contribution in [3.05, 3.63) is 36.3 Å². The zero-order chi connectivity index (χ0) is 22.4. The molecule has 3 aromatic heterocycles. The number of rotatable bonds is 3. The molecule has 0 bridgehead atoms. The number of carbonyl (C=O) groups is 1. The number of ketones is 1. The normalized spacial score (nSPS) is 20.9. The van der Waals surface area contributed by atoms with Gasteiger partial charge in [-0.15, -0.1) is 0 Å². The molecule has 0 unspecified atom stereocenters. The largest absolute Gasteiger partial charge is 0.368 e. The van der Waals surface area contributed by atoms with E-state index in [1.807, 2.05) is 24.5 Å². The molecule has 172 valence electrons. The van der Waals surface area contributed by atoms with Crippen LogP contribution in [0.5, 0.6) is 0 Å². The number of Topliss-reactive ketones (excluding diaryl/α,β-unsaturated/α-hetero) is 1. The number of nitrogens with zero attached hydrogens (tertiary/aromatic N) is 6. The van der Waals surface area contributed by atoms with E-state index in [9.17, 15) is 4.79 Å². The van der Waals surface area contributed by atoms with Crippen molar-refractivity contribution in [3.63, 3.8) is 0 Å². The number of anilines is 3. The summed E-state index contributed by atoms with van der Waals surface area (Å²) < 4.78 is 2.25. The number of carbonyl (C=O) groups excluding carboxylic acids is 1. The smallest absolute Gasteiger partial charge is 0.230 e. The molecule has 8 heteroatoms. The van der Waals surface area contributed by atoms with Crippen molar-refractivity contribution in [1.29, 1.82) is 0 Å². The third-order valence-corrected chi connectivity index (χ3v) is 7.76. The Hall–Kier alpha value is -3.00. The summed E-state index contributed by atoms with van der Waals surface area (Å²) in [6.07, 6.45) is 11.3. The van der Waals surface area contributed by atoms with Crippen LogP contribution >= 0.6 is 0 Å². The van der Waals surface area contributed by atoms with Gasteiger partial charge in [0, 0.05) is 49.7 Å². The molecule has 33 heavy (non-hydrogen) atoms. The second-order valence-electron chi connectivity index (χ2n) is 9.86. The van der Waals surface area contributed by atoms with Gasteiger partial charge in [-0.05, 0) is 44.5 Å². The molecule has 1 N–H and O–H groups in total. The first-order chi connectivity index (χ1) is 16.1. The van der Waals surface area contributed by atoms with Crippen LogP contribution in [-0.4, -0.2) is 63.4 Å². The van der Waals surface area contributed by atoms with Crippen LogP contribution in [0, 0.1) is 0 Å². The monoisotopic (exact) mass is 445 g/mol. The lowest BCUT2D eigenvalue weighted by Crippen LogP contribution is -2.44. The molecular weight excluding hydrogens is 414 g/mol. The Morgan fingerprint density at radius 3 is 2.55 bits per heavy atom. The van der Waals surface area contributed by atoms with Crippen LogP contribution in [0.3, 0.4) is 0 Å². The quantitative estimate of drug-likeness (QED) is 0.654. The van der Waals surface area contributed by atoms with Gasteiger partial charge in [-0.2, -0.15) is 4.98 Å². The maximum atomic E-state index is 12.7. The predicted molar refractivity (Wildman–Crippen MR) is 129 cm³/mol. The van der Waals surface area contributed by atoms with E-state index < -0.39 is 0 Å². The van der Waals surface area contributed by atoms with Crippen molar-refractivity contribution in [2.24, 2.45) is 0 Å². The molecule has 2 fully saturated rings. The van der Waals surface area contributed by atoms with Crippen molar-refractivity contribution in [2.45, 2.75) is 50.5 Å². The third kappa shape index (κ3) is 3.66. The van der Waals surface area contributed by atoms with Gasteiger partial charge in [0.15, 0.2) is 5.78 Å². The van der Waals surface area contributed by atoms with Gasteiger partial charge >= 0.3 is 0 Å². The van der Waals surface area contributed by atoms with E-state index in [1.165, 1.54) is 19.3 Å². The molecule has 0 aromatic carbocycles. The van der Waals surface area contributed by atoms with Gasteiger partial charge in [0.25, 0.3) is 0 Å². The van der Waals surface area contributed by atoms with Crippen molar-refractivity contribution < 1.29 is 4.79 Å². The molecule has 3 aromatic rings. The number of nitrogens with one attached hydrogen (secondary N) is 1. The van der Waals surface area contributed by atoms with Gasteiger partial charge < -0.3 is 19.7 Å². The van der Waals surface area contributed by atoms with Gasteiger partial charge in [-0.1, -0.05) is 19.3 Å². The van der Waals surface area contributed by atoms with E-state index in [0.29, 0.717) is 12.4 Å². The summed E-state index contributed by atoms with van der Waals surface area (Å²) in [5.41, 5.74) is 2.84. The minimum Gasteiger partial charge on any atom is -0.368 e. The Morgan fingerprint density at radius 1 is 0.970 bits per heavy atom. The molecule has 2 aliphatic heterocycles. The van der Waals surface area contributed by atoms with Gasteiger partial charge in [0.05, 0.1) is 17.6 Å². The number of pyridine rings is 1. The van der Waals surface area contributed by atoms with Gasteiger partial charge in [0.2, 0.25) is 5.95 Å². The summed E-state index contributed by atoms with van der Waals surface area (Å²) in [6.45, 7) is 4.17. The number of fused-ring (bicyclic) bond motifs is 4. The van der Waals surface area contributed by atoms with Crippen LogP contribution in [0.2, 0.25) is 0 Å². The summed E-state index contributed by atoms with van der Waals surface area (Å²) in [7, 11) is 2.16. The Morgan fingerprint density at radius 2 is 1.79 bits per heavy atom. The van der Waals surface area contributed by atoms with Crippen molar-refractivity contribution >= 4 is 34.3 Å². The molecule has 5 heterocycles. The van der Waals surface area contributed by atoms with Gasteiger partial charge in [0.1, 0.15) is 11.5 Å². The molecule has 1 spiro atoms. The summed E-state index contributed by atoms with van der Waals surface area (Å²) in [4.78, 5) is 31.5. The first-order valence-corrected chi connectivity index (χ1v) is 12.2. The third-order valence-electron chi connectivity index (χ3n) is 7.76. The topological polar surface area (TPSA) is 79.2 Å². The van der Waals surface area contributed by atoms with Crippen molar-refractivity contribution in [2.75, 3.05) is 43.4 Å². The van der Waals surface area contributed by atoms with Crippen LogP contribution in [0.1, 0.15) is 55.4 Å². The van der Waals surface area contributed by atoms with E-state index in [4.69, 9.17) is 4.98 Å². The lowest BCUT2D eigenvalue weighted by atomic mass is 9.75. The molecule has 3 aliphatic rings. The molecular formula is C25H31N7O. The van der Waals surface area contributed by atoms with E-state index in [-0.39, 0.29) is 11.3 Å². The second-order valence-corrected chi connectivity index (χ2v) is 9.86. The first kappa shape index (κ1) is 20.6.